The van der Waals surface area contributed by atoms with Crippen molar-refractivity contribution >= 4 is 5.91 Å². The molecule has 7 nitrogen and oxygen atoms in total. The van der Waals surface area contributed by atoms with Crippen molar-refractivity contribution in [3.8, 4) is 5.88 Å². The third-order valence-electron chi connectivity index (χ3n) is 4.97. The molecule has 24 heavy (non-hydrogen) atoms. The lowest BCUT2D eigenvalue weighted by molar-refractivity contribution is 0.0728. The van der Waals surface area contributed by atoms with Gasteiger partial charge in [0.15, 0.2) is 0 Å². The molecule has 0 bridgehead atoms. The van der Waals surface area contributed by atoms with Gasteiger partial charge in [-0.15, -0.1) is 0 Å². The maximum Gasteiger partial charge on any atom is 0.292 e. The minimum absolute atomic E-state index is 0.110. The lowest BCUT2D eigenvalue weighted by Crippen LogP contribution is -2.36. The van der Waals surface area contributed by atoms with Crippen LogP contribution in [0.5, 0.6) is 5.88 Å². The summed E-state index contributed by atoms with van der Waals surface area (Å²) < 4.78 is 10.1. The van der Waals surface area contributed by atoms with Gasteiger partial charge < -0.3 is 14.2 Å². The maximum absolute atomic E-state index is 12.6. The fourth-order valence-corrected chi connectivity index (χ4v) is 3.75. The van der Waals surface area contributed by atoms with Crippen LogP contribution < -0.4 is 4.74 Å². The second kappa shape index (κ2) is 6.24. The summed E-state index contributed by atoms with van der Waals surface area (Å²) in [7, 11) is 1.50. The number of carbonyl (C=O) groups is 1. The minimum atomic E-state index is -0.110. The summed E-state index contributed by atoms with van der Waals surface area (Å²) in [6.07, 6.45) is 4.82. The Hall–Kier alpha value is -2.41. The Morgan fingerprint density at radius 2 is 2.38 bits per heavy atom. The van der Waals surface area contributed by atoms with Crippen LogP contribution in [-0.2, 0) is 6.54 Å². The molecule has 4 heterocycles. The van der Waals surface area contributed by atoms with Gasteiger partial charge in [0.05, 0.1) is 13.2 Å². The van der Waals surface area contributed by atoms with Gasteiger partial charge in [-0.1, -0.05) is 6.07 Å². The lowest BCUT2D eigenvalue weighted by atomic mass is 10.1. The molecule has 0 unspecified atom stereocenters. The van der Waals surface area contributed by atoms with Gasteiger partial charge in [-0.25, -0.2) is 0 Å². The second-order valence-corrected chi connectivity index (χ2v) is 6.39. The van der Waals surface area contributed by atoms with Crippen molar-refractivity contribution in [3.05, 3.63) is 41.9 Å². The molecule has 0 radical (unpaired) electrons. The smallest absolute Gasteiger partial charge is 0.292 e. The fraction of sp³-hybridized carbons (Fsp3) is 0.471. The number of aromatic nitrogens is 2. The highest BCUT2D eigenvalue weighted by Gasteiger charge is 2.43. The first kappa shape index (κ1) is 15.1. The zero-order valence-electron chi connectivity index (χ0n) is 13.6. The molecule has 2 aliphatic heterocycles. The van der Waals surface area contributed by atoms with E-state index in [0.29, 0.717) is 17.8 Å². The van der Waals surface area contributed by atoms with E-state index >= 15 is 0 Å². The van der Waals surface area contributed by atoms with E-state index < -0.39 is 0 Å². The topological polar surface area (TPSA) is 71.7 Å². The van der Waals surface area contributed by atoms with E-state index in [1.807, 2.05) is 17.2 Å². The SMILES string of the molecule is COc1cc(C(=O)N2C[C@@H]3CCN(Cc4cccnc4)[C@@H]3C2)on1. The Bertz CT molecular complexity index is 718. The van der Waals surface area contributed by atoms with Crippen LogP contribution in [0.3, 0.4) is 0 Å². The van der Waals surface area contributed by atoms with Crippen LogP contribution in [0.1, 0.15) is 22.5 Å². The van der Waals surface area contributed by atoms with E-state index in [9.17, 15) is 4.79 Å². The first-order valence-electron chi connectivity index (χ1n) is 8.17. The van der Waals surface area contributed by atoms with Gasteiger partial charge in [0, 0.05) is 38.1 Å². The summed E-state index contributed by atoms with van der Waals surface area (Å²) in [5.41, 5.74) is 1.21. The van der Waals surface area contributed by atoms with Crippen LogP contribution in [0.4, 0.5) is 0 Å². The van der Waals surface area contributed by atoms with E-state index in [-0.39, 0.29) is 11.7 Å². The van der Waals surface area contributed by atoms with Gasteiger partial charge in [0.2, 0.25) is 5.76 Å². The standard InChI is InChI=1S/C17H20N4O3/c1-23-16-7-15(24-19-16)17(22)21-10-13-4-6-20(14(13)11-21)9-12-3-2-5-18-8-12/h2-3,5,7-8,13-14H,4,6,9-11H2,1H3/t13-,14+/m0/s1. The monoisotopic (exact) mass is 328 g/mol. The number of fused-ring (bicyclic) bond motifs is 1. The summed E-state index contributed by atoms with van der Waals surface area (Å²) in [6, 6.07) is 6.01. The summed E-state index contributed by atoms with van der Waals surface area (Å²) in [6.45, 7) is 3.46. The minimum Gasteiger partial charge on any atom is -0.479 e. The highest BCUT2D eigenvalue weighted by molar-refractivity contribution is 5.91. The Balaban J connectivity index is 1.43. The van der Waals surface area contributed by atoms with E-state index in [0.717, 1.165) is 32.6 Å². The van der Waals surface area contributed by atoms with Crippen molar-refractivity contribution in [2.24, 2.45) is 5.92 Å². The third kappa shape index (κ3) is 2.75. The predicted molar refractivity (Wildman–Crippen MR) is 85.5 cm³/mol. The molecule has 2 fully saturated rings. The molecule has 1 amide bonds. The molecular weight excluding hydrogens is 308 g/mol. The van der Waals surface area contributed by atoms with Crippen LogP contribution >= 0.6 is 0 Å². The quantitative estimate of drug-likeness (QED) is 0.845. The molecule has 0 spiro atoms. The van der Waals surface area contributed by atoms with E-state index in [1.165, 1.54) is 12.7 Å². The average molecular weight is 328 g/mol. The van der Waals surface area contributed by atoms with Gasteiger partial charge in [0.25, 0.3) is 11.8 Å². The number of methoxy groups -OCH3 is 1. The zero-order chi connectivity index (χ0) is 16.5. The van der Waals surface area contributed by atoms with Crippen molar-refractivity contribution in [3.63, 3.8) is 0 Å². The van der Waals surface area contributed by atoms with Crippen molar-refractivity contribution in [2.45, 2.75) is 19.0 Å². The molecule has 126 valence electrons. The van der Waals surface area contributed by atoms with Crippen molar-refractivity contribution < 1.29 is 14.1 Å². The maximum atomic E-state index is 12.6. The van der Waals surface area contributed by atoms with E-state index in [4.69, 9.17) is 9.26 Å². The number of pyridine rings is 1. The summed E-state index contributed by atoms with van der Waals surface area (Å²) >= 11 is 0. The number of amides is 1. The number of hydrogen-bond acceptors (Lipinski definition) is 6. The molecule has 2 aliphatic rings. The Morgan fingerprint density at radius 3 is 3.12 bits per heavy atom. The predicted octanol–water partition coefficient (Wildman–Crippen LogP) is 1.42. The summed E-state index contributed by atoms with van der Waals surface area (Å²) in [5.74, 6) is 0.985. The number of carbonyl (C=O) groups excluding carboxylic acids is 1. The lowest BCUT2D eigenvalue weighted by Gasteiger charge is -2.24. The van der Waals surface area contributed by atoms with Crippen molar-refractivity contribution in [2.75, 3.05) is 26.7 Å². The normalized spacial score (nSPS) is 23.5. The highest BCUT2D eigenvalue weighted by Crippen LogP contribution is 2.33. The zero-order valence-corrected chi connectivity index (χ0v) is 13.6. The van der Waals surface area contributed by atoms with Gasteiger partial charge in [-0.05, 0) is 35.7 Å². The number of ether oxygens (including phenoxy) is 1. The van der Waals surface area contributed by atoms with Gasteiger partial charge in [0.1, 0.15) is 0 Å². The van der Waals surface area contributed by atoms with Crippen LogP contribution in [0.2, 0.25) is 0 Å². The van der Waals surface area contributed by atoms with Gasteiger partial charge >= 0.3 is 0 Å². The van der Waals surface area contributed by atoms with E-state index in [2.05, 4.69) is 21.1 Å². The summed E-state index contributed by atoms with van der Waals surface area (Å²) in [4.78, 5) is 21.1. The van der Waals surface area contributed by atoms with Crippen LogP contribution in [0.15, 0.2) is 35.1 Å². The third-order valence-corrected chi connectivity index (χ3v) is 4.97. The van der Waals surface area contributed by atoms with Crippen LogP contribution in [0.25, 0.3) is 0 Å². The number of hydrogen-bond donors (Lipinski definition) is 0. The molecule has 0 aliphatic carbocycles. The van der Waals surface area contributed by atoms with Crippen molar-refractivity contribution in [1.29, 1.82) is 0 Å². The molecular formula is C17H20N4O3. The molecule has 2 saturated heterocycles. The molecule has 0 saturated carbocycles. The van der Waals surface area contributed by atoms with Crippen molar-refractivity contribution in [1.82, 2.24) is 19.9 Å². The number of likely N-dealkylation sites (tertiary alicyclic amines) is 2. The number of nitrogens with zero attached hydrogens (tertiary/aromatic N) is 4. The van der Waals surface area contributed by atoms with Gasteiger partial charge in [-0.3, -0.25) is 14.7 Å². The molecule has 2 aromatic heterocycles. The molecule has 0 aromatic carbocycles. The van der Waals surface area contributed by atoms with Crippen LogP contribution in [0, 0.1) is 5.92 Å². The molecule has 2 aromatic rings. The number of rotatable bonds is 4. The van der Waals surface area contributed by atoms with Gasteiger partial charge in [-0.2, -0.15) is 0 Å². The Kier molecular flexibility index (Phi) is 3.93. The molecule has 2 atom stereocenters. The Morgan fingerprint density at radius 1 is 1.46 bits per heavy atom. The molecule has 7 heteroatoms. The average Bonchev–Trinajstić information content (AvgIpc) is 3.32. The fourth-order valence-electron chi connectivity index (χ4n) is 3.75. The largest absolute Gasteiger partial charge is 0.479 e. The van der Waals surface area contributed by atoms with E-state index in [1.54, 1.807) is 12.3 Å². The summed E-state index contributed by atoms with van der Waals surface area (Å²) in [5, 5.41) is 3.71. The molecule has 0 N–H and O–H groups in total. The van der Waals surface area contributed by atoms with Crippen LogP contribution in [-0.4, -0.2) is 58.6 Å². The first-order valence-corrected chi connectivity index (χ1v) is 8.17. The second-order valence-electron chi connectivity index (χ2n) is 6.39. The molecule has 4 rings (SSSR count). The highest BCUT2D eigenvalue weighted by atomic mass is 16.5. The first-order chi connectivity index (χ1) is 11.7. The Labute approximate surface area is 140 Å².